The van der Waals surface area contributed by atoms with Crippen LogP contribution in [0.25, 0.3) is 0 Å². The van der Waals surface area contributed by atoms with Crippen LogP contribution in [0.2, 0.25) is 0 Å². The highest BCUT2D eigenvalue weighted by atomic mass is 16.5. The van der Waals surface area contributed by atoms with E-state index in [0.29, 0.717) is 12.5 Å². The maximum atomic E-state index is 11.3. The van der Waals surface area contributed by atoms with E-state index in [4.69, 9.17) is 4.74 Å². The van der Waals surface area contributed by atoms with Crippen LogP contribution in [0.1, 0.15) is 38.5 Å². The Kier molecular flexibility index (Phi) is 2.64. The monoisotopic (exact) mass is 286 g/mol. The van der Waals surface area contributed by atoms with Crippen LogP contribution in [0.4, 0.5) is 0 Å². The predicted molar refractivity (Wildman–Crippen MR) is 80.3 cm³/mol. The molecule has 4 bridgehead atoms. The lowest BCUT2D eigenvalue weighted by Gasteiger charge is -2.36. The van der Waals surface area contributed by atoms with E-state index in [9.17, 15) is 4.79 Å². The summed E-state index contributed by atoms with van der Waals surface area (Å²) in [7, 11) is 0. The Labute approximate surface area is 127 Å². The second kappa shape index (κ2) is 4.36. The highest BCUT2D eigenvalue weighted by molar-refractivity contribution is 5.81. The van der Waals surface area contributed by atoms with Gasteiger partial charge in [-0.3, -0.25) is 0 Å². The maximum Gasteiger partial charge on any atom is 0.330 e. The first kappa shape index (κ1) is 12.7. The van der Waals surface area contributed by atoms with Crippen molar-refractivity contribution in [1.29, 1.82) is 0 Å². The fourth-order valence-corrected chi connectivity index (χ4v) is 7.73. The summed E-state index contributed by atoms with van der Waals surface area (Å²) in [5.74, 6) is 8.56. The van der Waals surface area contributed by atoms with Gasteiger partial charge in [0, 0.05) is 6.08 Å². The van der Waals surface area contributed by atoms with Crippen molar-refractivity contribution in [1.82, 2.24) is 0 Å². The Morgan fingerprint density at radius 3 is 2.62 bits per heavy atom. The van der Waals surface area contributed by atoms with Crippen molar-refractivity contribution in [2.45, 2.75) is 38.5 Å². The van der Waals surface area contributed by atoms with Gasteiger partial charge in [0.05, 0.1) is 6.61 Å². The molecule has 114 valence electrons. The van der Waals surface area contributed by atoms with E-state index in [1.165, 1.54) is 31.8 Å². The van der Waals surface area contributed by atoms with Crippen molar-refractivity contribution in [3.05, 3.63) is 12.7 Å². The molecule has 2 nitrogen and oxygen atoms in total. The lowest BCUT2D eigenvalue weighted by molar-refractivity contribution is -0.140. The minimum atomic E-state index is -0.237. The summed E-state index contributed by atoms with van der Waals surface area (Å²) in [6, 6.07) is 0. The molecule has 0 aromatic carbocycles. The van der Waals surface area contributed by atoms with Gasteiger partial charge in [-0.2, -0.15) is 0 Å². The highest BCUT2D eigenvalue weighted by Gasteiger charge is 2.65. The van der Waals surface area contributed by atoms with E-state index in [-0.39, 0.29) is 5.97 Å². The van der Waals surface area contributed by atoms with Crippen LogP contribution in [0, 0.1) is 53.3 Å². The van der Waals surface area contributed by atoms with Gasteiger partial charge in [0.15, 0.2) is 0 Å². The van der Waals surface area contributed by atoms with E-state index in [2.05, 4.69) is 6.58 Å². The van der Waals surface area contributed by atoms with Gasteiger partial charge in [-0.1, -0.05) is 6.58 Å². The summed E-state index contributed by atoms with van der Waals surface area (Å²) < 4.78 is 5.39. The summed E-state index contributed by atoms with van der Waals surface area (Å²) in [4.78, 5) is 11.3. The molecule has 0 saturated heterocycles. The van der Waals surface area contributed by atoms with Gasteiger partial charge in [-0.25, -0.2) is 4.79 Å². The zero-order valence-electron chi connectivity index (χ0n) is 12.7. The fraction of sp³-hybridized carbons (Fsp3) is 0.842. The van der Waals surface area contributed by atoms with Gasteiger partial charge in [-0.05, 0) is 91.8 Å². The largest absolute Gasteiger partial charge is 0.462 e. The van der Waals surface area contributed by atoms with E-state index in [1.54, 1.807) is 12.8 Å². The number of carbonyl (C=O) groups is 1. The van der Waals surface area contributed by atoms with Crippen LogP contribution < -0.4 is 0 Å². The van der Waals surface area contributed by atoms with Gasteiger partial charge in [0.25, 0.3) is 0 Å². The number of fused-ring (bicyclic) bond motifs is 11. The molecule has 0 aromatic rings. The number of hydrogen-bond acceptors (Lipinski definition) is 2. The molecule has 5 fully saturated rings. The summed E-state index contributed by atoms with van der Waals surface area (Å²) in [6.07, 6.45) is 10.2. The smallest absolute Gasteiger partial charge is 0.330 e. The Morgan fingerprint density at radius 2 is 1.76 bits per heavy atom. The van der Waals surface area contributed by atoms with Crippen LogP contribution in [-0.4, -0.2) is 12.6 Å². The Hall–Kier alpha value is -0.790. The molecule has 0 aromatic heterocycles. The molecule has 5 saturated carbocycles. The summed E-state index contributed by atoms with van der Waals surface area (Å²) in [6.45, 7) is 4.16. The Balaban J connectivity index is 1.34. The van der Waals surface area contributed by atoms with Crippen LogP contribution >= 0.6 is 0 Å². The molecule has 21 heavy (non-hydrogen) atoms. The van der Waals surface area contributed by atoms with Gasteiger partial charge in [-0.15, -0.1) is 0 Å². The highest BCUT2D eigenvalue weighted by Crippen LogP contribution is 2.71. The molecular weight excluding hydrogens is 260 g/mol. The van der Waals surface area contributed by atoms with Gasteiger partial charge < -0.3 is 4.74 Å². The lowest BCUT2D eigenvalue weighted by Crippen LogP contribution is -2.33. The van der Waals surface area contributed by atoms with Gasteiger partial charge in [0.1, 0.15) is 0 Å². The molecule has 9 unspecified atom stereocenters. The zero-order chi connectivity index (χ0) is 14.1. The molecule has 5 aliphatic carbocycles. The zero-order valence-corrected chi connectivity index (χ0v) is 12.7. The number of rotatable bonds is 3. The molecule has 5 aliphatic rings. The third-order valence-corrected chi connectivity index (χ3v) is 8.13. The number of hydrogen-bond donors (Lipinski definition) is 0. The van der Waals surface area contributed by atoms with Crippen LogP contribution in [0.3, 0.4) is 0 Å². The van der Waals surface area contributed by atoms with Crippen molar-refractivity contribution in [3.63, 3.8) is 0 Å². The molecule has 0 radical (unpaired) electrons. The molecule has 0 N–H and O–H groups in total. The maximum absolute atomic E-state index is 11.3. The van der Waals surface area contributed by atoms with Crippen molar-refractivity contribution < 1.29 is 9.53 Å². The predicted octanol–water partition coefficient (Wildman–Crippen LogP) is 3.67. The van der Waals surface area contributed by atoms with E-state index in [1.807, 2.05) is 0 Å². The quantitative estimate of drug-likeness (QED) is 0.584. The first-order chi connectivity index (χ1) is 10.3. The average Bonchev–Trinajstić information content (AvgIpc) is 3.24. The van der Waals surface area contributed by atoms with E-state index >= 15 is 0 Å². The van der Waals surface area contributed by atoms with E-state index < -0.39 is 0 Å². The number of carbonyl (C=O) groups excluding carboxylic acids is 1. The topological polar surface area (TPSA) is 26.3 Å². The Bertz CT molecular complexity index is 484. The molecule has 9 atom stereocenters. The molecule has 0 heterocycles. The van der Waals surface area contributed by atoms with E-state index in [0.717, 1.165) is 47.3 Å². The second-order valence-electron chi connectivity index (χ2n) is 8.54. The second-order valence-corrected chi connectivity index (χ2v) is 8.54. The summed E-state index contributed by atoms with van der Waals surface area (Å²) >= 11 is 0. The molecule has 2 heteroatoms. The minimum Gasteiger partial charge on any atom is -0.462 e. The molecule has 0 aliphatic heterocycles. The fourth-order valence-electron chi connectivity index (χ4n) is 7.73. The third-order valence-electron chi connectivity index (χ3n) is 8.13. The van der Waals surface area contributed by atoms with Crippen molar-refractivity contribution in [2.75, 3.05) is 6.61 Å². The van der Waals surface area contributed by atoms with Crippen LogP contribution in [0.15, 0.2) is 12.7 Å². The first-order valence-electron chi connectivity index (χ1n) is 9.05. The summed E-state index contributed by atoms with van der Waals surface area (Å²) in [5.41, 5.74) is 0. The molecule has 0 spiro atoms. The van der Waals surface area contributed by atoms with Crippen molar-refractivity contribution in [2.24, 2.45) is 53.3 Å². The average molecular weight is 286 g/mol. The van der Waals surface area contributed by atoms with Crippen LogP contribution in [0.5, 0.6) is 0 Å². The SMILES string of the molecule is C=CC(=O)OCC1CC2CC1C1C2CC2C3CCC(C3)C21. The number of esters is 1. The first-order valence-corrected chi connectivity index (χ1v) is 9.05. The Morgan fingerprint density at radius 1 is 0.952 bits per heavy atom. The van der Waals surface area contributed by atoms with Crippen LogP contribution in [-0.2, 0) is 9.53 Å². The normalized spacial score (nSPS) is 55.5. The third kappa shape index (κ3) is 1.62. The number of ether oxygens (including phenoxy) is 1. The molecular formula is C19H26O2. The minimum absolute atomic E-state index is 0.237. The molecule has 0 amide bonds. The van der Waals surface area contributed by atoms with Crippen molar-refractivity contribution >= 4 is 5.97 Å². The van der Waals surface area contributed by atoms with Gasteiger partial charge in [0.2, 0.25) is 0 Å². The lowest BCUT2D eigenvalue weighted by atomic mass is 9.69. The standard InChI is InChI=1S/C19H26O2/c1-2-17(20)21-9-13-6-12-7-14(13)19-16(12)8-15-10-3-4-11(5-10)18(15)19/h2,10-16,18-19H,1,3-9H2. The summed E-state index contributed by atoms with van der Waals surface area (Å²) in [5, 5.41) is 0. The van der Waals surface area contributed by atoms with Crippen molar-refractivity contribution in [3.8, 4) is 0 Å². The molecule has 5 rings (SSSR count). The van der Waals surface area contributed by atoms with Gasteiger partial charge >= 0.3 is 5.97 Å².